The van der Waals surface area contributed by atoms with Gasteiger partial charge in [0.2, 0.25) is 0 Å². The van der Waals surface area contributed by atoms with Crippen LogP contribution in [0, 0.1) is 0 Å². The number of nitrogens with two attached hydrogens (primary N) is 1. The van der Waals surface area contributed by atoms with Crippen molar-refractivity contribution in [3.05, 3.63) is 65.7 Å². The van der Waals surface area contributed by atoms with Gasteiger partial charge in [-0.15, -0.1) is 13.2 Å². The van der Waals surface area contributed by atoms with Crippen molar-refractivity contribution in [2.75, 3.05) is 0 Å². The molecule has 0 aliphatic rings. The number of alkyl halides is 3. The summed E-state index contributed by atoms with van der Waals surface area (Å²) in [7, 11) is 0. The Morgan fingerprint density at radius 3 is 1.90 bits per heavy atom. The van der Waals surface area contributed by atoms with E-state index < -0.39 is 6.36 Å². The van der Waals surface area contributed by atoms with Crippen molar-refractivity contribution in [3.63, 3.8) is 0 Å². The molecule has 0 aliphatic carbocycles. The molecule has 0 aromatic heterocycles. The lowest BCUT2D eigenvalue weighted by atomic mass is 10.00. The molecule has 2 rings (SSSR count). The molecule has 2 N–H and O–H groups in total. The standard InChI is InChI=1S/C16H16F3NO/c17-16(18,19)21-15-8-6-13(7-9-15)11-14(20)10-12-4-2-1-3-5-12/h1-9,14H,10-11,20H2. The van der Waals surface area contributed by atoms with Gasteiger partial charge in [-0.05, 0) is 36.1 Å². The number of ether oxygens (including phenoxy) is 1. The summed E-state index contributed by atoms with van der Waals surface area (Å²) in [6, 6.07) is 15.6. The predicted octanol–water partition coefficient (Wildman–Crippen LogP) is 3.70. The van der Waals surface area contributed by atoms with Gasteiger partial charge in [-0.3, -0.25) is 0 Å². The smallest absolute Gasteiger partial charge is 0.406 e. The van der Waals surface area contributed by atoms with E-state index in [0.717, 1.165) is 17.5 Å². The number of benzene rings is 2. The molecule has 2 aromatic rings. The van der Waals surface area contributed by atoms with Crippen LogP contribution >= 0.6 is 0 Å². The first-order valence-electron chi connectivity index (χ1n) is 6.56. The SMILES string of the molecule is NC(Cc1ccccc1)Cc1ccc(OC(F)(F)F)cc1. The number of rotatable bonds is 5. The van der Waals surface area contributed by atoms with Gasteiger partial charge in [0.1, 0.15) is 5.75 Å². The predicted molar refractivity (Wildman–Crippen MR) is 75.0 cm³/mol. The van der Waals surface area contributed by atoms with Crippen molar-refractivity contribution in [3.8, 4) is 5.75 Å². The Morgan fingerprint density at radius 2 is 1.38 bits per heavy atom. The molecule has 0 radical (unpaired) electrons. The first-order valence-corrected chi connectivity index (χ1v) is 6.56. The van der Waals surface area contributed by atoms with E-state index in [1.807, 2.05) is 30.3 Å². The van der Waals surface area contributed by atoms with Gasteiger partial charge >= 0.3 is 6.36 Å². The molecular weight excluding hydrogens is 279 g/mol. The second kappa shape index (κ2) is 6.63. The Bertz CT molecular complexity index is 552. The summed E-state index contributed by atoms with van der Waals surface area (Å²) in [5.41, 5.74) is 8.09. The number of halogens is 3. The summed E-state index contributed by atoms with van der Waals surface area (Å²) < 4.78 is 40.0. The molecule has 2 nitrogen and oxygen atoms in total. The van der Waals surface area contributed by atoms with Gasteiger partial charge in [-0.2, -0.15) is 0 Å². The topological polar surface area (TPSA) is 35.2 Å². The van der Waals surface area contributed by atoms with Gasteiger partial charge in [-0.1, -0.05) is 42.5 Å². The van der Waals surface area contributed by atoms with Gasteiger partial charge in [0.25, 0.3) is 0 Å². The van der Waals surface area contributed by atoms with E-state index in [2.05, 4.69) is 4.74 Å². The fraction of sp³-hybridized carbons (Fsp3) is 0.250. The molecule has 0 aliphatic heterocycles. The number of hydrogen-bond acceptors (Lipinski definition) is 2. The van der Waals surface area contributed by atoms with Gasteiger partial charge in [-0.25, -0.2) is 0 Å². The quantitative estimate of drug-likeness (QED) is 0.913. The molecule has 112 valence electrons. The maximum Gasteiger partial charge on any atom is 0.573 e. The van der Waals surface area contributed by atoms with Crippen molar-refractivity contribution >= 4 is 0 Å². The highest BCUT2D eigenvalue weighted by Gasteiger charge is 2.30. The number of hydrogen-bond donors (Lipinski definition) is 1. The zero-order valence-electron chi connectivity index (χ0n) is 11.3. The van der Waals surface area contributed by atoms with Crippen molar-refractivity contribution < 1.29 is 17.9 Å². The Morgan fingerprint density at radius 1 is 0.857 bits per heavy atom. The molecular formula is C16H16F3NO. The summed E-state index contributed by atoms with van der Waals surface area (Å²) >= 11 is 0. The zero-order chi connectivity index (χ0) is 15.3. The van der Waals surface area contributed by atoms with E-state index in [4.69, 9.17) is 5.73 Å². The largest absolute Gasteiger partial charge is 0.573 e. The molecule has 0 heterocycles. The molecule has 1 atom stereocenters. The first-order chi connectivity index (χ1) is 9.92. The third kappa shape index (κ3) is 5.47. The maximum absolute atomic E-state index is 12.1. The fourth-order valence-electron chi connectivity index (χ4n) is 2.12. The molecule has 0 bridgehead atoms. The van der Waals surface area contributed by atoms with Crippen LogP contribution in [-0.2, 0) is 12.8 Å². The fourth-order valence-corrected chi connectivity index (χ4v) is 2.12. The minimum atomic E-state index is -4.66. The maximum atomic E-state index is 12.1. The third-order valence-corrected chi connectivity index (χ3v) is 3.00. The molecule has 0 spiro atoms. The van der Waals surface area contributed by atoms with Gasteiger partial charge in [0.15, 0.2) is 0 Å². The molecule has 21 heavy (non-hydrogen) atoms. The van der Waals surface area contributed by atoms with E-state index in [1.165, 1.54) is 12.1 Å². The average Bonchev–Trinajstić information content (AvgIpc) is 2.40. The van der Waals surface area contributed by atoms with Gasteiger partial charge < -0.3 is 10.5 Å². The van der Waals surface area contributed by atoms with Crippen LogP contribution in [0.5, 0.6) is 5.75 Å². The monoisotopic (exact) mass is 295 g/mol. The van der Waals surface area contributed by atoms with E-state index in [-0.39, 0.29) is 11.8 Å². The Balaban J connectivity index is 1.91. The van der Waals surface area contributed by atoms with Crippen molar-refractivity contribution in [1.29, 1.82) is 0 Å². The molecule has 0 amide bonds. The van der Waals surface area contributed by atoms with Crippen LogP contribution < -0.4 is 10.5 Å². The van der Waals surface area contributed by atoms with Gasteiger partial charge in [0.05, 0.1) is 0 Å². The zero-order valence-corrected chi connectivity index (χ0v) is 11.3. The normalized spacial score (nSPS) is 13.0. The lowest BCUT2D eigenvalue weighted by molar-refractivity contribution is -0.274. The molecule has 5 heteroatoms. The molecule has 1 unspecified atom stereocenters. The summed E-state index contributed by atoms with van der Waals surface area (Å²) in [5.74, 6) is -0.220. The van der Waals surface area contributed by atoms with Crippen LogP contribution in [0.15, 0.2) is 54.6 Å². The van der Waals surface area contributed by atoms with Crippen LogP contribution in [0.2, 0.25) is 0 Å². The minimum Gasteiger partial charge on any atom is -0.406 e. The van der Waals surface area contributed by atoms with Crippen molar-refractivity contribution in [2.24, 2.45) is 5.73 Å². The Hall–Kier alpha value is -2.01. The molecule has 2 aromatic carbocycles. The molecule has 0 fully saturated rings. The summed E-state index contributed by atoms with van der Waals surface area (Å²) in [4.78, 5) is 0. The third-order valence-electron chi connectivity index (χ3n) is 3.00. The Kier molecular flexibility index (Phi) is 4.85. The highest BCUT2D eigenvalue weighted by molar-refractivity contribution is 5.28. The second-order valence-corrected chi connectivity index (χ2v) is 4.85. The second-order valence-electron chi connectivity index (χ2n) is 4.85. The molecule has 0 saturated heterocycles. The van der Waals surface area contributed by atoms with Crippen molar-refractivity contribution in [2.45, 2.75) is 25.2 Å². The molecule has 0 saturated carbocycles. The first kappa shape index (κ1) is 15.4. The van der Waals surface area contributed by atoms with E-state index >= 15 is 0 Å². The summed E-state index contributed by atoms with van der Waals surface area (Å²) in [5, 5.41) is 0. The minimum absolute atomic E-state index is 0.0817. The van der Waals surface area contributed by atoms with Gasteiger partial charge in [0, 0.05) is 6.04 Å². The lowest BCUT2D eigenvalue weighted by Gasteiger charge is -2.13. The summed E-state index contributed by atoms with van der Waals surface area (Å²) in [6.45, 7) is 0. The van der Waals surface area contributed by atoms with Crippen LogP contribution in [-0.4, -0.2) is 12.4 Å². The highest BCUT2D eigenvalue weighted by Crippen LogP contribution is 2.23. The van der Waals surface area contributed by atoms with Crippen molar-refractivity contribution in [1.82, 2.24) is 0 Å². The lowest BCUT2D eigenvalue weighted by Crippen LogP contribution is -2.25. The Labute approximate surface area is 121 Å². The van der Waals surface area contributed by atoms with E-state index in [1.54, 1.807) is 12.1 Å². The van der Waals surface area contributed by atoms with E-state index in [0.29, 0.717) is 6.42 Å². The average molecular weight is 295 g/mol. The highest BCUT2D eigenvalue weighted by atomic mass is 19.4. The van der Waals surface area contributed by atoms with Crippen LogP contribution in [0.1, 0.15) is 11.1 Å². The van der Waals surface area contributed by atoms with E-state index in [9.17, 15) is 13.2 Å². The van der Waals surface area contributed by atoms with Crippen LogP contribution in [0.25, 0.3) is 0 Å². The summed E-state index contributed by atoms with van der Waals surface area (Å²) in [6.07, 6.45) is -3.34. The van der Waals surface area contributed by atoms with Crippen LogP contribution in [0.3, 0.4) is 0 Å². The van der Waals surface area contributed by atoms with Crippen LogP contribution in [0.4, 0.5) is 13.2 Å².